The van der Waals surface area contributed by atoms with Gasteiger partial charge in [0.25, 0.3) is 0 Å². The maximum atomic E-state index is 13.7. The Kier molecular flexibility index (Phi) is 7.04. The Labute approximate surface area is 130 Å². The van der Waals surface area contributed by atoms with Crippen molar-refractivity contribution in [2.75, 3.05) is 19.6 Å². The van der Waals surface area contributed by atoms with Crippen LogP contribution in [0.5, 0.6) is 0 Å². The molecule has 1 rings (SSSR count). The fourth-order valence-corrected chi connectivity index (χ4v) is 2.11. The highest BCUT2D eigenvalue weighted by atomic mass is 79.9. The van der Waals surface area contributed by atoms with Crippen molar-refractivity contribution in [2.45, 2.75) is 6.54 Å². The lowest BCUT2D eigenvalue weighted by atomic mass is 10.2. The van der Waals surface area contributed by atoms with Crippen LogP contribution >= 0.6 is 15.9 Å². The van der Waals surface area contributed by atoms with E-state index in [0.29, 0.717) is 12.1 Å². The minimum atomic E-state index is -1.11. The van der Waals surface area contributed by atoms with E-state index < -0.39 is 18.4 Å². The van der Waals surface area contributed by atoms with Crippen molar-refractivity contribution in [1.82, 2.24) is 10.2 Å². The van der Waals surface area contributed by atoms with Crippen molar-refractivity contribution in [3.05, 3.63) is 46.7 Å². The van der Waals surface area contributed by atoms with E-state index in [-0.39, 0.29) is 18.9 Å². The Morgan fingerprint density at radius 1 is 1.48 bits per heavy atom. The molecule has 114 valence electrons. The first-order valence-electron chi connectivity index (χ1n) is 6.18. The monoisotopic (exact) mass is 358 g/mol. The molecule has 7 heteroatoms. The van der Waals surface area contributed by atoms with Crippen LogP contribution in [0.15, 0.2) is 35.3 Å². The smallest absolute Gasteiger partial charge is 0.322 e. The number of carboxylic acids is 1. The highest BCUT2D eigenvalue weighted by Gasteiger charge is 2.13. The summed E-state index contributed by atoms with van der Waals surface area (Å²) in [5.74, 6) is -1.91. The molecule has 21 heavy (non-hydrogen) atoms. The second-order valence-corrected chi connectivity index (χ2v) is 5.28. The van der Waals surface area contributed by atoms with Crippen LogP contribution < -0.4 is 5.32 Å². The molecule has 0 aliphatic rings. The zero-order valence-corrected chi connectivity index (χ0v) is 12.9. The number of carboxylic acid groups (broad SMARTS) is 1. The van der Waals surface area contributed by atoms with E-state index >= 15 is 0 Å². The molecule has 0 radical (unpaired) electrons. The van der Waals surface area contributed by atoms with Gasteiger partial charge >= 0.3 is 5.97 Å². The standard InChI is InChI=1S/C14H16BrFN2O3/c1-2-5-18(9-13(19)17-7-14(20)21)8-10-6-11(15)3-4-12(10)16/h2-4,6H,1,5,7-9H2,(H,17,19)(H,20,21). The summed E-state index contributed by atoms with van der Waals surface area (Å²) in [5.41, 5.74) is 0.442. The number of carbonyl (C=O) groups excluding carboxylic acids is 1. The molecule has 5 nitrogen and oxygen atoms in total. The van der Waals surface area contributed by atoms with Gasteiger partial charge in [-0.2, -0.15) is 0 Å². The molecule has 0 saturated carbocycles. The number of halogens is 2. The van der Waals surface area contributed by atoms with Gasteiger partial charge in [0, 0.05) is 23.1 Å². The Hall–Kier alpha value is -1.73. The summed E-state index contributed by atoms with van der Waals surface area (Å²) < 4.78 is 14.5. The minimum absolute atomic E-state index is 0.0365. The Morgan fingerprint density at radius 2 is 2.19 bits per heavy atom. The average Bonchev–Trinajstić information content (AvgIpc) is 2.41. The lowest BCUT2D eigenvalue weighted by Crippen LogP contribution is -2.39. The van der Waals surface area contributed by atoms with Crippen molar-refractivity contribution in [3.8, 4) is 0 Å². The van der Waals surface area contributed by atoms with E-state index in [1.54, 1.807) is 23.1 Å². The number of nitrogens with one attached hydrogen (secondary N) is 1. The molecule has 1 aromatic carbocycles. The van der Waals surface area contributed by atoms with Crippen LogP contribution in [0.3, 0.4) is 0 Å². The van der Waals surface area contributed by atoms with E-state index in [9.17, 15) is 14.0 Å². The Bertz CT molecular complexity index is 537. The van der Waals surface area contributed by atoms with Gasteiger partial charge in [-0.05, 0) is 18.2 Å². The van der Waals surface area contributed by atoms with Crippen LogP contribution in [0.25, 0.3) is 0 Å². The van der Waals surface area contributed by atoms with Crippen LogP contribution in [0.2, 0.25) is 0 Å². The number of hydrogen-bond donors (Lipinski definition) is 2. The van der Waals surface area contributed by atoms with E-state index in [2.05, 4.69) is 27.8 Å². The molecule has 0 fully saturated rings. The fraction of sp³-hybridized carbons (Fsp3) is 0.286. The summed E-state index contributed by atoms with van der Waals surface area (Å²) >= 11 is 3.27. The summed E-state index contributed by atoms with van der Waals surface area (Å²) in [7, 11) is 0. The molecule has 0 saturated heterocycles. The minimum Gasteiger partial charge on any atom is -0.480 e. The van der Waals surface area contributed by atoms with Crippen molar-refractivity contribution in [3.63, 3.8) is 0 Å². The van der Waals surface area contributed by atoms with Gasteiger partial charge in [0.1, 0.15) is 12.4 Å². The largest absolute Gasteiger partial charge is 0.480 e. The summed E-state index contributed by atoms with van der Waals surface area (Å²) in [5, 5.41) is 10.8. The molecular weight excluding hydrogens is 343 g/mol. The van der Waals surface area contributed by atoms with Gasteiger partial charge in [0.15, 0.2) is 0 Å². The van der Waals surface area contributed by atoms with E-state index in [1.165, 1.54) is 6.07 Å². The third-order valence-corrected chi connectivity index (χ3v) is 3.09. The maximum absolute atomic E-state index is 13.7. The Morgan fingerprint density at radius 3 is 2.81 bits per heavy atom. The zero-order valence-electron chi connectivity index (χ0n) is 11.3. The molecule has 0 heterocycles. The van der Waals surface area contributed by atoms with Gasteiger partial charge in [0.2, 0.25) is 5.91 Å². The molecule has 0 aliphatic heterocycles. The number of benzene rings is 1. The molecular formula is C14H16BrFN2O3. The summed E-state index contributed by atoms with van der Waals surface area (Å²) in [6.07, 6.45) is 1.60. The Balaban J connectivity index is 2.68. The molecule has 0 aliphatic carbocycles. The number of hydrogen-bond acceptors (Lipinski definition) is 3. The van der Waals surface area contributed by atoms with E-state index in [4.69, 9.17) is 5.11 Å². The third-order valence-electron chi connectivity index (χ3n) is 2.59. The SMILES string of the molecule is C=CCN(CC(=O)NCC(=O)O)Cc1cc(Br)ccc1F. The molecule has 2 N–H and O–H groups in total. The van der Waals surface area contributed by atoms with Crippen LogP contribution in [0, 0.1) is 5.82 Å². The average molecular weight is 359 g/mol. The van der Waals surface area contributed by atoms with Crippen LogP contribution in [-0.2, 0) is 16.1 Å². The van der Waals surface area contributed by atoms with Crippen LogP contribution in [0.4, 0.5) is 4.39 Å². The van der Waals surface area contributed by atoms with Gasteiger partial charge < -0.3 is 10.4 Å². The molecule has 0 atom stereocenters. The van der Waals surface area contributed by atoms with E-state index in [1.807, 2.05) is 0 Å². The second-order valence-electron chi connectivity index (χ2n) is 4.36. The number of carbonyl (C=O) groups is 2. The molecule has 0 bridgehead atoms. The van der Waals surface area contributed by atoms with Crippen LogP contribution in [-0.4, -0.2) is 41.5 Å². The summed E-state index contributed by atoms with van der Waals surface area (Å²) in [6, 6.07) is 4.58. The van der Waals surface area contributed by atoms with E-state index in [0.717, 1.165) is 4.47 Å². The normalized spacial score (nSPS) is 10.4. The highest BCUT2D eigenvalue weighted by molar-refractivity contribution is 9.10. The molecule has 0 unspecified atom stereocenters. The van der Waals surface area contributed by atoms with Gasteiger partial charge in [-0.1, -0.05) is 22.0 Å². The lowest BCUT2D eigenvalue weighted by molar-refractivity contribution is -0.138. The topological polar surface area (TPSA) is 69.6 Å². The van der Waals surface area contributed by atoms with Gasteiger partial charge in [-0.15, -0.1) is 6.58 Å². The molecule has 0 spiro atoms. The first kappa shape index (κ1) is 17.3. The fourth-order valence-electron chi connectivity index (χ4n) is 1.71. The first-order chi connectivity index (χ1) is 9.92. The maximum Gasteiger partial charge on any atom is 0.322 e. The lowest BCUT2D eigenvalue weighted by Gasteiger charge is -2.20. The van der Waals surface area contributed by atoms with Gasteiger partial charge in [-0.25, -0.2) is 4.39 Å². The second kappa shape index (κ2) is 8.53. The predicted molar refractivity (Wildman–Crippen MR) is 80.2 cm³/mol. The van der Waals surface area contributed by atoms with Crippen molar-refractivity contribution in [1.29, 1.82) is 0 Å². The van der Waals surface area contributed by atoms with Gasteiger partial charge in [-0.3, -0.25) is 14.5 Å². The highest BCUT2D eigenvalue weighted by Crippen LogP contribution is 2.17. The first-order valence-corrected chi connectivity index (χ1v) is 6.97. The summed E-state index contributed by atoms with van der Waals surface area (Å²) in [6.45, 7) is 3.72. The molecule has 1 aromatic rings. The number of amides is 1. The molecule has 0 aromatic heterocycles. The van der Waals surface area contributed by atoms with Gasteiger partial charge in [0.05, 0.1) is 6.54 Å². The van der Waals surface area contributed by atoms with Crippen molar-refractivity contribution < 1.29 is 19.1 Å². The number of nitrogens with zero attached hydrogens (tertiary/aromatic N) is 1. The predicted octanol–water partition coefficient (Wildman–Crippen LogP) is 1.78. The van der Waals surface area contributed by atoms with Crippen LogP contribution in [0.1, 0.15) is 5.56 Å². The molecule has 1 amide bonds. The van der Waals surface area contributed by atoms with Crippen molar-refractivity contribution in [2.24, 2.45) is 0 Å². The number of aliphatic carboxylic acids is 1. The number of rotatable bonds is 8. The third kappa shape index (κ3) is 6.50. The zero-order chi connectivity index (χ0) is 15.8. The van der Waals surface area contributed by atoms with Crippen molar-refractivity contribution >= 4 is 27.8 Å². The summed E-state index contributed by atoms with van der Waals surface area (Å²) in [4.78, 5) is 23.7. The quantitative estimate of drug-likeness (QED) is 0.695.